The molecule has 4 aromatic carbocycles. The van der Waals surface area contributed by atoms with E-state index in [1.165, 1.54) is 57.7 Å². The molecule has 0 radical (unpaired) electrons. The highest BCUT2D eigenvalue weighted by Gasteiger charge is 2.42. The van der Waals surface area contributed by atoms with Crippen LogP contribution in [0.15, 0.2) is 72.8 Å². The first-order chi connectivity index (χ1) is 24.6. The molecule has 1 aliphatic rings. The number of carbonyl (C=O) groups excluding carboxylic acids is 4. The second-order valence-electron chi connectivity index (χ2n) is 11.8. The van der Waals surface area contributed by atoms with Gasteiger partial charge in [-0.2, -0.15) is 0 Å². The molecule has 0 bridgehead atoms. The summed E-state index contributed by atoms with van der Waals surface area (Å²) in [6.07, 6.45) is -0.359. The van der Waals surface area contributed by atoms with Gasteiger partial charge in [0.15, 0.2) is 30.9 Å². The van der Waals surface area contributed by atoms with E-state index in [-0.39, 0.29) is 60.6 Å². The van der Waals surface area contributed by atoms with Crippen LogP contribution in [-0.4, -0.2) is 82.4 Å². The zero-order valence-electron chi connectivity index (χ0n) is 28.3. The van der Waals surface area contributed by atoms with Crippen molar-refractivity contribution in [2.45, 2.75) is 25.3 Å². The number of quaternary nitrogens is 1. The van der Waals surface area contributed by atoms with E-state index in [0.29, 0.717) is 19.3 Å². The van der Waals surface area contributed by atoms with Crippen LogP contribution in [0.5, 0.6) is 17.2 Å². The Kier molecular flexibility index (Phi) is 11.8. The van der Waals surface area contributed by atoms with Crippen LogP contribution < -0.4 is 24.6 Å². The summed E-state index contributed by atoms with van der Waals surface area (Å²) >= 11 is 0. The minimum absolute atomic E-state index is 0.00450. The SMILES string of the molecule is COCOc1cc2ccccc2cc1C(=O)NC1CCCC[N+](OC(=O)c2ccc(C(=O)c3c(OCOC)ccc(OC)c3F)cc2)(C(=O)[O-])C1. The molecule has 0 saturated carbocycles. The lowest BCUT2D eigenvalue weighted by atomic mass is 10.00. The van der Waals surface area contributed by atoms with Gasteiger partial charge in [-0.3, -0.25) is 14.4 Å². The van der Waals surface area contributed by atoms with Crippen LogP contribution in [0, 0.1) is 5.82 Å². The Bertz CT molecular complexity index is 1920. The van der Waals surface area contributed by atoms with Gasteiger partial charge in [0, 0.05) is 26.2 Å². The highest BCUT2D eigenvalue weighted by Crippen LogP contribution is 2.32. The molecule has 14 heteroatoms. The zero-order valence-corrected chi connectivity index (χ0v) is 28.3. The molecule has 1 fully saturated rings. The van der Waals surface area contributed by atoms with Crippen LogP contribution in [0.4, 0.5) is 9.18 Å². The van der Waals surface area contributed by atoms with E-state index in [2.05, 4.69) is 5.32 Å². The minimum atomic E-state index is -1.66. The molecule has 51 heavy (non-hydrogen) atoms. The van der Waals surface area contributed by atoms with Crippen LogP contribution in [0.3, 0.4) is 0 Å². The number of hydrogen-bond donors (Lipinski definition) is 1. The van der Waals surface area contributed by atoms with Gasteiger partial charge in [-0.15, -0.1) is 0 Å². The van der Waals surface area contributed by atoms with Crippen LogP contribution >= 0.6 is 0 Å². The summed E-state index contributed by atoms with van der Waals surface area (Å²) in [6, 6.07) is 17.9. The molecular weight excluding hydrogens is 667 g/mol. The molecular formula is C37H37FN2O11. The second-order valence-corrected chi connectivity index (χ2v) is 11.8. The van der Waals surface area contributed by atoms with E-state index in [9.17, 15) is 24.3 Å². The van der Waals surface area contributed by atoms with E-state index in [1.54, 1.807) is 12.1 Å². The largest absolute Gasteiger partial charge is 0.495 e. The fourth-order valence-corrected chi connectivity index (χ4v) is 5.87. The van der Waals surface area contributed by atoms with E-state index in [4.69, 9.17) is 28.5 Å². The van der Waals surface area contributed by atoms with Crippen molar-refractivity contribution in [2.24, 2.45) is 0 Å². The van der Waals surface area contributed by atoms with Crippen molar-refractivity contribution in [3.8, 4) is 17.2 Å². The molecule has 1 N–H and O–H groups in total. The summed E-state index contributed by atoms with van der Waals surface area (Å²) in [6.45, 7) is -0.751. The minimum Gasteiger partial charge on any atom is -0.495 e. The average Bonchev–Trinajstić information content (AvgIpc) is 3.34. The number of nitrogens with one attached hydrogen (secondary N) is 1. The number of rotatable bonds is 12. The van der Waals surface area contributed by atoms with Gasteiger partial charge in [-0.05, 0) is 60.0 Å². The normalized spacial score (nSPS) is 17.2. The molecule has 0 spiro atoms. The van der Waals surface area contributed by atoms with Gasteiger partial charge in [0.1, 0.15) is 30.2 Å². The first-order valence-corrected chi connectivity index (χ1v) is 16.0. The number of methoxy groups -OCH3 is 3. The number of amides is 2. The van der Waals surface area contributed by atoms with Gasteiger partial charge >= 0.3 is 12.1 Å². The third-order valence-electron chi connectivity index (χ3n) is 8.42. The predicted molar refractivity (Wildman–Crippen MR) is 178 cm³/mol. The first kappa shape index (κ1) is 36.7. The Balaban J connectivity index is 1.34. The number of halogens is 1. The van der Waals surface area contributed by atoms with Crippen molar-refractivity contribution < 1.29 is 61.8 Å². The number of fused-ring (bicyclic) bond motifs is 1. The smallest absolute Gasteiger partial charge is 0.398 e. The van der Waals surface area contributed by atoms with E-state index in [1.807, 2.05) is 24.3 Å². The summed E-state index contributed by atoms with van der Waals surface area (Å²) in [7, 11) is 4.08. The average molecular weight is 705 g/mol. The van der Waals surface area contributed by atoms with E-state index >= 15 is 4.39 Å². The topological polar surface area (TPSA) is 159 Å². The summed E-state index contributed by atoms with van der Waals surface area (Å²) in [5.74, 6) is -3.19. The predicted octanol–water partition coefficient (Wildman–Crippen LogP) is 4.40. The molecule has 5 rings (SSSR count). The van der Waals surface area contributed by atoms with Gasteiger partial charge in [0.05, 0.1) is 24.3 Å². The highest BCUT2D eigenvalue weighted by molar-refractivity contribution is 6.11. The van der Waals surface area contributed by atoms with Crippen LogP contribution in [-0.2, 0) is 14.3 Å². The fourth-order valence-electron chi connectivity index (χ4n) is 5.87. The molecule has 268 valence electrons. The van der Waals surface area contributed by atoms with Gasteiger partial charge < -0.3 is 38.9 Å². The summed E-state index contributed by atoms with van der Waals surface area (Å²) < 4.78 is 40.0. The monoisotopic (exact) mass is 704 g/mol. The van der Waals surface area contributed by atoms with E-state index in [0.717, 1.165) is 10.8 Å². The maximum atomic E-state index is 15.2. The van der Waals surface area contributed by atoms with Gasteiger partial charge in [0.2, 0.25) is 0 Å². The van der Waals surface area contributed by atoms with Crippen LogP contribution in [0.2, 0.25) is 0 Å². The maximum Gasteiger partial charge on any atom is 0.398 e. The number of likely N-dealkylation sites (tertiary alicyclic amines) is 1. The Morgan fingerprint density at radius 2 is 1.45 bits per heavy atom. The third-order valence-corrected chi connectivity index (χ3v) is 8.42. The molecule has 2 amide bonds. The van der Waals surface area contributed by atoms with Gasteiger partial charge in [0.25, 0.3) is 5.91 Å². The number of hydrogen-bond acceptors (Lipinski definition) is 11. The lowest BCUT2D eigenvalue weighted by molar-refractivity contribution is -1.04. The van der Waals surface area contributed by atoms with Crippen molar-refractivity contribution in [1.29, 1.82) is 0 Å². The summed E-state index contributed by atoms with van der Waals surface area (Å²) in [5, 5.41) is 17.2. The van der Waals surface area contributed by atoms with E-state index < -0.39 is 45.8 Å². The standard InChI is InChI=1S/C37H37FN2O11/c1-46-21-49-29-15-16-30(48-3)33(38)32(29)34(41)23-11-13-24(14-12-23)36(43)51-40(37(44)45)17-7-6-10-27(20-40)39-35(42)28-18-25-8-4-5-9-26(25)19-31(28)50-22-47-2/h4-5,8-9,11-16,18-19,27H,6-7,10,17,20-22H2,1-3H3,(H-,39,42,44,45). The number of ether oxygens (including phenoxy) is 5. The van der Waals surface area contributed by atoms with Gasteiger partial charge in [-0.1, -0.05) is 41.0 Å². The first-order valence-electron chi connectivity index (χ1n) is 16.0. The van der Waals surface area contributed by atoms with Crippen molar-refractivity contribution in [3.63, 3.8) is 0 Å². The third kappa shape index (κ3) is 8.26. The van der Waals surface area contributed by atoms with Crippen LogP contribution in [0.1, 0.15) is 55.9 Å². The molecule has 1 heterocycles. The number of carbonyl (C=O) groups is 4. The summed E-state index contributed by atoms with van der Waals surface area (Å²) in [5.41, 5.74) is -0.251. The van der Waals surface area contributed by atoms with Crippen LogP contribution in [0.25, 0.3) is 10.8 Å². The Morgan fingerprint density at radius 1 is 0.824 bits per heavy atom. The zero-order chi connectivity index (χ0) is 36.5. The molecule has 4 aromatic rings. The molecule has 13 nitrogen and oxygen atoms in total. The lowest BCUT2D eigenvalue weighted by Gasteiger charge is -2.34. The number of nitrogens with zero attached hydrogens (tertiary/aromatic N) is 1. The summed E-state index contributed by atoms with van der Waals surface area (Å²) in [4.78, 5) is 58.6. The number of carboxylic acid groups (broad SMARTS) is 1. The number of ketones is 1. The number of hydroxylamine groups is 3. The highest BCUT2D eigenvalue weighted by atomic mass is 19.1. The second kappa shape index (κ2) is 16.4. The fraction of sp³-hybridized carbons (Fsp3) is 0.297. The van der Waals surface area contributed by atoms with Crippen molar-refractivity contribution in [1.82, 2.24) is 5.32 Å². The van der Waals surface area contributed by atoms with Crippen molar-refractivity contribution in [2.75, 3.05) is 48.0 Å². The molecule has 2 unspecified atom stereocenters. The van der Waals surface area contributed by atoms with Crippen molar-refractivity contribution >= 4 is 34.5 Å². The number of benzene rings is 4. The lowest BCUT2D eigenvalue weighted by Crippen LogP contribution is -2.63. The Hall–Kier alpha value is -5.57. The Morgan fingerprint density at radius 3 is 2.10 bits per heavy atom. The molecule has 0 aliphatic carbocycles. The molecule has 1 saturated heterocycles. The van der Waals surface area contributed by atoms with Gasteiger partial charge in [-0.25, -0.2) is 9.18 Å². The molecule has 2 atom stereocenters. The quantitative estimate of drug-likeness (QED) is 0.127. The molecule has 0 aromatic heterocycles. The maximum absolute atomic E-state index is 15.2. The Labute approximate surface area is 292 Å². The van der Waals surface area contributed by atoms with Crippen molar-refractivity contribution in [3.05, 3.63) is 101 Å². The molecule has 1 aliphatic heterocycles.